The molecule has 0 bridgehead atoms. The Bertz CT molecular complexity index is 268. The van der Waals surface area contributed by atoms with E-state index in [1.165, 1.54) is 0 Å². The summed E-state index contributed by atoms with van der Waals surface area (Å²) in [6.07, 6.45) is 5.01. The van der Waals surface area contributed by atoms with E-state index < -0.39 is 0 Å². The van der Waals surface area contributed by atoms with Crippen LogP contribution in [0.5, 0.6) is 0 Å². The molecule has 56 valence electrons. The van der Waals surface area contributed by atoms with Crippen LogP contribution in [0, 0.1) is 0 Å². The standard InChI is InChI=1S/C9H10NO/c1-2-5-9-6-3-4-7-10(9)8-11/h2-4,6-8H,1,5H2/q+1. The number of hydrogen-bond acceptors (Lipinski definition) is 1. The van der Waals surface area contributed by atoms with E-state index in [0.717, 1.165) is 18.5 Å². The van der Waals surface area contributed by atoms with Gasteiger partial charge in [-0.3, -0.25) is 0 Å². The van der Waals surface area contributed by atoms with Gasteiger partial charge in [0.25, 0.3) is 0 Å². The topological polar surface area (TPSA) is 20.9 Å². The number of hydrogen-bond donors (Lipinski definition) is 0. The molecule has 0 atom stereocenters. The molecular formula is C9H10NO+. The normalized spacial score (nSPS) is 9.09. The monoisotopic (exact) mass is 148 g/mol. The van der Waals surface area contributed by atoms with Crippen molar-refractivity contribution in [1.29, 1.82) is 0 Å². The van der Waals surface area contributed by atoms with Gasteiger partial charge in [-0.05, 0) is 0 Å². The van der Waals surface area contributed by atoms with Crippen LogP contribution in [0.2, 0.25) is 0 Å². The molecule has 1 heterocycles. The molecule has 0 spiro atoms. The Morgan fingerprint density at radius 2 is 2.36 bits per heavy atom. The van der Waals surface area contributed by atoms with Crippen LogP contribution in [0.4, 0.5) is 0 Å². The van der Waals surface area contributed by atoms with Gasteiger partial charge in [0, 0.05) is 12.1 Å². The van der Waals surface area contributed by atoms with Crippen molar-refractivity contribution in [3.05, 3.63) is 42.7 Å². The highest BCUT2D eigenvalue weighted by Crippen LogP contribution is 1.91. The van der Waals surface area contributed by atoms with Crippen LogP contribution in [0.25, 0.3) is 0 Å². The highest BCUT2D eigenvalue weighted by atomic mass is 16.1. The third-order valence-corrected chi connectivity index (χ3v) is 1.45. The fourth-order valence-corrected chi connectivity index (χ4v) is 0.915. The Labute approximate surface area is 65.8 Å². The molecule has 0 aliphatic heterocycles. The van der Waals surface area contributed by atoms with Gasteiger partial charge in [-0.25, -0.2) is 4.79 Å². The van der Waals surface area contributed by atoms with Gasteiger partial charge >= 0.3 is 6.41 Å². The Kier molecular flexibility index (Phi) is 2.55. The Hall–Kier alpha value is -1.44. The van der Waals surface area contributed by atoms with Gasteiger partial charge in [0.2, 0.25) is 0 Å². The fraction of sp³-hybridized carbons (Fsp3) is 0.111. The number of allylic oxidation sites excluding steroid dienone is 1. The number of pyridine rings is 1. The van der Waals surface area contributed by atoms with Crippen LogP contribution in [-0.2, 0) is 11.2 Å². The molecule has 0 aliphatic carbocycles. The highest BCUT2D eigenvalue weighted by molar-refractivity contribution is 5.36. The van der Waals surface area contributed by atoms with Crippen molar-refractivity contribution in [3.63, 3.8) is 0 Å². The fourth-order valence-electron chi connectivity index (χ4n) is 0.915. The molecule has 0 N–H and O–H groups in total. The number of nitrogens with zero attached hydrogens (tertiary/aromatic N) is 1. The maximum atomic E-state index is 10.4. The number of rotatable bonds is 3. The lowest BCUT2D eigenvalue weighted by Gasteiger charge is -1.91. The van der Waals surface area contributed by atoms with Crippen LogP contribution in [0.15, 0.2) is 37.1 Å². The average molecular weight is 148 g/mol. The average Bonchev–Trinajstić information content (AvgIpc) is 2.06. The van der Waals surface area contributed by atoms with Gasteiger partial charge in [-0.1, -0.05) is 12.1 Å². The minimum absolute atomic E-state index is 0.722. The van der Waals surface area contributed by atoms with E-state index in [0.29, 0.717) is 0 Å². The first-order chi connectivity index (χ1) is 5.38. The van der Waals surface area contributed by atoms with Crippen molar-refractivity contribution in [2.24, 2.45) is 0 Å². The van der Waals surface area contributed by atoms with Crippen molar-refractivity contribution in [2.45, 2.75) is 6.42 Å². The van der Waals surface area contributed by atoms with E-state index >= 15 is 0 Å². The molecule has 0 radical (unpaired) electrons. The number of aromatic nitrogens is 1. The van der Waals surface area contributed by atoms with E-state index in [2.05, 4.69) is 6.58 Å². The van der Waals surface area contributed by atoms with E-state index in [1.807, 2.05) is 18.2 Å². The van der Waals surface area contributed by atoms with E-state index in [4.69, 9.17) is 0 Å². The first-order valence-electron chi connectivity index (χ1n) is 3.43. The predicted octanol–water partition coefficient (Wildman–Crippen LogP) is 0.741. The zero-order valence-corrected chi connectivity index (χ0v) is 6.23. The number of carbonyl (C=O) groups is 1. The maximum absolute atomic E-state index is 10.4. The molecule has 0 fully saturated rings. The molecule has 0 unspecified atom stereocenters. The lowest BCUT2D eigenvalue weighted by Crippen LogP contribution is -2.37. The Balaban J connectivity index is 3.01. The Morgan fingerprint density at radius 1 is 1.55 bits per heavy atom. The third-order valence-electron chi connectivity index (χ3n) is 1.45. The molecular weight excluding hydrogens is 138 g/mol. The van der Waals surface area contributed by atoms with Gasteiger partial charge in [-0.15, -0.1) is 11.1 Å². The molecule has 0 aliphatic rings. The van der Waals surface area contributed by atoms with E-state index in [1.54, 1.807) is 16.8 Å². The molecule has 2 nitrogen and oxygen atoms in total. The van der Waals surface area contributed by atoms with Gasteiger partial charge in [-0.2, -0.15) is 0 Å². The SMILES string of the molecule is C=CCc1cccc[n+]1C=O. The summed E-state index contributed by atoms with van der Waals surface area (Å²) in [6.45, 7) is 3.60. The second kappa shape index (κ2) is 3.66. The van der Waals surface area contributed by atoms with Crippen molar-refractivity contribution in [3.8, 4) is 0 Å². The summed E-state index contributed by atoms with van der Waals surface area (Å²) in [5.41, 5.74) is 0.956. The van der Waals surface area contributed by atoms with Crippen LogP contribution < -0.4 is 4.57 Å². The van der Waals surface area contributed by atoms with Crippen molar-refractivity contribution >= 4 is 6.41 Å². The largest absolute Gasteiger partial charge is 0.380 e. The van der Waals surface area contributed by atoms with Crippen molar-refractivity contribution in [2.75, 3.05) is 0 Å². The van der Waals surface area contributed by atoms with E-state index in [-0.39, 0.29) is 0 Å². The van der Waals surface area contributed by atoms with Crippen molar-refractivity contribution < 1.29 is 9.36 Å². The zero-order chi connectivity index (χ0) is 8.10. The van der Waals surface area contributed by atoms with Crippen LogP contribution in [-0.4, -0.2) is 6.41 Å². The third kappa shape index (κ3) is 1.74. The van der Waals surface area contributed by atoms with Crippen LogP contribution in [0.1, 0.15) is 5.69 Å². The second-order valence-corrected chi connectivity index (χ2v) is 2.20. The van der Waals surface area contributed by atoms with Gasteiger partial charge in [0.1, 0.15) is 0 Å². The second-order valence-electron chi connectivity index (χ2n) is 2.20. The smallest absolute Gasteiger partial charge is 0.222 e. The summed E-state index contributed by atoms with van der Waals surface area (Å²) in [6, 6.07) is 5.62. The molecule has 0 amide bonds. The predicted molar refractivity (Wildman–Crippen MR) is 42.7 cm³/mol. The molecule has 1 aromatic rings. The first-order valence-corrected chi connectivity index (χ1v) is 3.43. The van der Waals surface area contributed by atoms with Crippen LogP contribution in [0.3, 0.4) is 0 Å². The number of carbonyl (C=O) groups excluding carboxylic acids is 1. The van der Waals surface area contributed by atoms with Gasteiger partial charge in [0.05, 0.1) is 6.42 Å². The summed E-state index contributed by atoms with van der Waals surface area (Å²) in [4.78, 5) is 10.4. The van der Waals surface area contributed by atoms with Gasteiger partial charge in [0.15, 0.2) is 11.9 Å². The summed E-state index contributed by atoms with van der Waals surface area (Å²) >= 11 is 0. The molecule has 1 rings (SSSR count). The molecule has 0 saturated carbocycles. The minimum Gasteiger partial charge on any atom is -0.222 e. The molecule has 1 aromatic heterocycles. The minimum atomic E-state index is 0.722. The van der Waals surface area contributed by atoms with E-state index in [9.17, 15) is 4.79 Å². The molecule has 2 heteroatoms. The summed E-state index contributed by atoms with van der Waals surface area (Å²) < 4.78 is 1.54. The van der Waals surface area contributed by atoms with Gasteiger partial charge < -0.3 is 0 Å². The van der Waals surface area contributed by atoms with Crippen LogP contribution >= 0.6 is 0 Å². The Morgan fingerprint density at radius 3 is 3.00 bits per heavy atom. The summed E-state index contributed by atoms with van der Waals surface area (Å²) in [7, 11) is 0. The summed E-state index contributed by atoms with van der Waals surface area (Å²) in [5, 5.41) is 0. The quantitative estimate of drug-likeness (QED) is 0.352. The molecule has 0 saturated heterocycles. The maximum Gasteiger partial charge on any atom is 0.380 e. The highest BCUT2D eigenvalue weighted by Gasteiger charge is 2.04. The van der Waals surface area contributed by atoms with Crippen molar-refractivity contribution in [1.82, 2.24) is 0 Å². The zero-order valence-electron chi connectivity index (χ0n) is 6.23. The first kappa shape index (κ1) is 7.66. The summed E-state index contributed by atoms with van der Waals surface area (Å²) in [5.74, 6) is 0. The lowest BCUT2D eigenvalue weighted by atomic mass is 10.2. The molecule has 0 aromatic carbocycles. The molecule has 11 heavy (non-hydrogen) atoms. The lowest BCUT2D eigenvalue weighted by molar-refractivity contribution is -0.561.